The van der Waals surface area contributed by atoms with E-state index in [0.717, 1.165) is 4.88 Å². The number of benzene rings is 1. The lowest BCUT2D eigenvalue weighted by molar-refractivity contribution is -0.121. The second-order valence-corrected chi connectivity index (χ2v) is 8.56. The highest BCUT2D eigenvalue weighted by molar-refractivity contribution is 7.91. The minimum absolute atomic E-state index is 0.0445. The summed E-state index contributed by atoms with van der Waals surface area (Å²) in [6.07, 6.45) is -0.131. The molecule has 25 heavy (non-hydrogen) atoms. The second kappa shape index (κ2) is 7.24. The molecule has 0 aliphatic carbocycles. The molecule has 0 fully saturated rings. The lowest BCUT2D eigenvalue weighted by Crippen LogP contribution is -2.26. The summed E-state index contributed by atoms with van der Waals surface area (Å²) in [5, 5.41) is 7.17. The maximum Gasteiger partial charge on any atom is 0.262 e. The van der Waals surface area contributed by atoms with Gasteiger partial charge in [-0.2, -0.15) is 0 Å². The van der Waals surface area contributed by atoms with Gasteiger partial charge in [0.15, 0.2) is 16.4 Å². The van der Waals surface area contributed by atoms with Gasteiger partial charge in [-0.05, 0) is 29.6 Å². The van der Waals surface area contributed by atoms with Gasteiger partial charge in [-0.3, -0.25) is 9.59 Å². The van der Waals surface area contributed by atoms with Crippen molar-refractivity contribution in [2.45, 2.75) is 17.9 Å². The standard InChI is InChI=1S/C16H16N2O5S2/c19-15(17-9-11-2-1-6-24-11)5-7-25(21,22)12-3-4-14-13(8-12)18-16(20)10-23-14/h1-4,6,8H,5,7,9-10H2,(H,17,19)(H,18,20). The minimum Gasteiger partial charge on any atom is -0.482 e. The van der Waals surface area contributed by atoms with E-state index in [1.165, 1.54) is 29.5 Å². The number of hydrogen-bond donors (Lipinski definition) is 2. The van der Waals surface area contributed by atoms with Crippen LogP contribution in [0.5, 0.6) is 5.75 Å². The Hall–Kier alpha value is -2.39. The number of carbonyl (C=O) groups is 2. The van der Waals surface area contributed by atoms with Crippen LogP contribution in [0.2, 0.25) is 0 Å². The summed E-state index contributed by atoms with van der Waals surface area (Å²) in [5.41, 5.74) is 0.319. The molecular formula is C16H16N2O5S2. The van der Waals surface area contributed by atoms with Crippen LogP contribution in [0.1, 0.15) is 11.3 Å². The summed E-state index contributed by atoms with van der Waals surface area (Å²) < 4.78 is 30.0. The summed E-state index contributed by atoms with van der Waals surface area (Å²) in [6, 6.07) is 8.04. The van der Waals surface area contributed by atoms with Crippen molar-refractivity contribution in [2.75, 3.05) is 17.7 Å². The molecule has 2 aromatic rings. The van der Waals surface area contributed by atoms with E-state index in [-0.39, 0.29) is 35.5 Å². The zero-order chi connectivity index (χ0) is 17.9. The van der Waals surface area contributed by atoms with Crippen molar-refractivity contribution in [3.63, 3.8) is 0 Å². The number of anilines is 1. The Balaban J connectivity index is 1.61. The summed E-state index contributed by atoms with van der Waals surface area (Å²) in [5.74, 6) is -0.551. The molecule has 1 aliphatic heterocycles. The van der Waals surface area contributed by atoms with E-state index in [9.17, 15) is 18.0 Å². The van der Waals surface area contributed by atoms with Gasteiger partial charge in [0.1, 0.15) is 5.75 Å². The third-order valence-corrected chi connectivity index (χ3v) is 6.17. The molecule has 0 atom stereocenters. The zero-order valence-corrected chi connectivity index (χ0v) is 14.8. The molecule has 0 radical (unpaired) electrons. The molecule has 2 amide bonds. The van der Waals surface area contributed by atoms with Gasteiger partial charge in [-0.15, -0.1) is 11.3 Å². The number of thiophene rings is 1. The fourth-order valence-electron chi connectivity index (χ4n) is 2.29. The molecule has 1 aromatic carbocycles. The molecule has 132 valence electrons. The van der Waals surface area contributed by atoms with E-state index in [1.54, 1.807) is 0 Å². The summed E-state index contributed by atoms with van der Waals surface area (Å²) in [7, 11) is -3.64. The highest BCUT2D eigenvalue weighted by Crippen LogP contribution is 2.30. The van der Waals surface area contributed by atoms with E-state index in [1.807, 2.05) is 17.5 Å². The van der Waals surface area contributed by atoms with Crippen LogP contribution in [0.25, 0.3) is 0 Å². The van der Waals surface area contributed by atoms with Crippen molar-refractivity contribution in [1.29, 1.82) is 0 Å². The van der Waals surface area contributed by atoms with Crippen molar-refractivity contribution >= 4 is 38.7 Å². The first kappa shape index (κ1) is 17.4. The molecule has 0 unspecified atom stereocenters. The van der Waals surface area contributed by atoms with E-state index < -0.39 is 9.84 Å². The van der Waals surface area contributed by atoms with Crippen LogP contribution >= 0.6 is 11.3 Å². The maximum atomic E-state index is 12.4. The number of nitrogens with one attached hydrogen (secondary N) is 2. The van der Waals surface area contributed by atoms with Crippen molar-refractivity contribution in [1.82, 2.24) is 5.32 Å². The molecule has 0 saturated heterocycles. The first-order valence-corrected chi connectivity index (χ1v) is 10.1. The van der Waals surface area contributed by atoms with Crippen LogP contribution < -0.4 is 15.4 Å². The number of amides is 2. The van der Waals surface area contributed by atoms with Crippen LogP contribution in [0, 0.1) is 0 Å². The molecule has 9 heteroatoms. The fraction of sp³-hybridized carbons (Fsp3) is 0.250. The highest BCUT2D eigenvalue weighted by Gasteiger charge is 2.21. The van der Waals surface area contributed by atoms with Gasteiger partial charge in [-0.1, -0.05) is 6.07 Å². The van der Waals surface area contributed by atoms with E-state index in [4.69, 9.17) is 4.74 Å². The van der Waals surface area contributed by atoms with Gasteiger partial charge >= 0.3 is 0 Å². The average Bonchev–Trinajstić information content (AvgIpc) is 3.11. The average molecular weight is 380 g/mol. The van der Waals surface area contributed by atoms with Gasteiger partial charge in [0.25, 0.3) is 5.91 Å². The zero-order valence-electron chi connectivity index (χ0n) is 13.2. The fourth-order valence-corrected chi connectivity index (χ4v) is 4.20. The SMILES string of the molecule is O=C(CCS(=O)(=O)c1ccc2c(c1)NC(=O)CO2)NCc1cccs1. The van der Waals surface area contributed by atoms with Crippen molar-refractivity contribution < 1.29 is 22.7 Å². The quantitative estimate of drug-likeness (QED) is 0.792. The maximum absolute atomic E-state index is 12.4. The van der Waals surface area contributed by atoms with Crippen molar-refractivity contribution in [3.8, 4) is 5.75 Å². The van der Waals surface area contributed by atoms with Gasteiger partial charge in [-0.25, -0.2) is 8.42 Å². The van der Waals surface area contributed by atoms with Crippen molar-refractivity contribution in [3.05, 3.63) is 40.6 Å². The van der Waals surface area contributed by atoms with Gasteiger partial charge in [0.2, 0.25) is 5.91 Å². The third-order valence-electron chi connectivity index (χ3n) is 3.58. The van der Waals surface area contributed by atoms with Crippen LogP contribution in [0.3, 0.4) is 0 Å². The first-order chi connectivity index (χ1) is 11.9. The van der Waals surface area contributed by atoms with Crippen LogP contribution in [-0.4, -0.2) is 32.6 Å². The molecule has 7 nitrogen and oxygen atoms in total. The topological polar surface area (TPSA) is 102 Å². The second-order valence-electron chi connectivity index (χ2n) is 5.42. The predicted molar refractivity (Wildman–Crippen MR) is 93.4 cm³/mol. The number of hydrogen-bond acceptors (Lipinski definition) is 6. The monoisotopic (exact) mass is 380 g/mol. The normalized spacial score (nSPS) is 13.5. The number of sulfone groups is 1. The molecule has 0 saturated carbocycles. The lowest BCUT2D eigenvalue weighted by Gasteiger charge is -2.18. The molecule has 2 heterocycles. The molecule has 0 spiro atoms. The number of rotatable bonds is 6. The molecule has 2 N–H and O–H groups in total. The Labute approximate surface area is 148 Å². The predicted octanol–water partition coefficient (Wildman–Crippen LogP) is 1.56. The molecule has 0 bridgehead atoms. The smallest absolute Gasteiger partial charge is 0.262 e. The van der Waals surface area contributed by atoms with Crippen molar-refractivity contribution in [2.24, 2.45) is 0 Å². The summed E-state index contributed by atoms with van der Waals surface area (Å²) >= 11 is 1.52. The Bertz CT molecular complexity index is 891. The number of fused-ring (bicyclic) bond motifs is 1. The van der Waals surface area contributed by atoms with Gasteiger partial charge < -0.3 is 15.4 Å². The number of ether oxygens (including phenoxy) is 1. The van der Waals surface area contributed by atoms with Gasteiger partial charge in [0, 0.05) is 11.3 Å². The first-order valence-electron chi connectivity index (χ1n) is 7.52. The number of carbonyl (C=O) groups excluding carboxylic acids is 2. The Morgan fingerprint density at radius 1 is 1.32 bits per heavy atom. The summed E-state index contributed by atoms with van der Waals surface area (Å²) in [4.78, 5) is 24.2. The van der Waals surface area contributed by atoms with Crippen LogP contribution in [-0.2, 0) is 26.0 Å². The Kier molecular flexibility index (Phi) is 5.05. The molecule has 3 rings (SSSR count). The summed E-state index contributed by atoms with van der Waals surface area (Å²) in [6.45, 7) is 0.294. The largest absolute Gasteiger partial charge is 0.482 e. The van der Waals surface area contributed by atoms with Crippen LogP contribution in [0.15, 0.2) is 40.6 Å². The third kappa shape index (κ3) is 4.37. The van der Waals surface area contributed by atoms with E-state index in [2.05, 4.69) is 10.6 Å². The molecule has 1 aliphatic rings. The molecule has 1 aromatic heterocycles. The van der Waals surface area contributed by atoms with Crippen LogP contribution in [0.4, 0.5) is 5.69 Å². The molecular weight excluding hydrogens is 364 g/mol. The lowest BCUT2D eigenvalue weighted by atomic mass is 10.2. The highest BCUT2D eigenvalue weighted by atomic mass is 32.2. The Morgan fingerprint density at radius 3 is 2.92 bits per heavy atom. The van der Waals surface area contributed by atoms with E-state index >= 15 is 0 Å². The van der Waals surface area contributed by atoms with E-state index in [0.29, 0.717) is 18.0 Å². The minimum atomic E-state index is -3.64. The Morgan fingerprint density at radius 2 is 2.16 bits per heavy atom. The van der Waals surface area contributed by atoms with Gasteiger partial charge in [0.05, 0.1) is 22.9 Å².